The molecule has 2 aromatic rings. The first-order valence-electron chi connectivity index (χ1n) is 8.12. The van der Waals surface area contributed by atoms with Crippen LogP contribution >= 0.6 is 0 Å². The van der Waals surface area contributed by atoms with E-state index in [1.165, 1.54) is 11.8 Å². The van der Waals surface area contributed by atoms with E-state index >= 15 is 0 Å². The van der Waals surface area contributed by atoms with Crippen molar-refractivity contribution < 1.29 is 14.3 Å². The van der Waals surface area contributed by atoms with Gasteiger partial charge in [0.15, 0.2) is 0 Å². The van der Waals surface area contributed by atoms with Gasteiger partial charge in [0, 0.05) is 6.92 Å². The van der Waals surface area contributed by atoms with Crippen molar-refractivity contribution in [2.45, 2.75) is 27.7 Å². The van der Waals surface area contributed by atoms with Crippen LogP contribution in [0.4, 0.5) is 11.4 Å². The number of carbonyl (C=O) groups excluding carboxylic acids is 2. The minimum absolute atomic E-state index is 0.0574. The van der Waals surface area contributed by atoms with Gasteiger partial charge in [-0.05, 0) is 44.0 Å². The lowest BCUT2D eigenvalue weighted by Gasteiger charge is -2.25. The maximum Gasteiger partial charge on any atom is 0.244 e. The minimum atomic E-state index is -0.279. The zero-order valence-electron chi connectivity index (χ0n) is 15.3. The predicted molar refractivity (Wildman–Crippen MR) is 100 cm³/mol. The Morgan fingerprint density at radius 2 is 1.68 bits per heavy atom. The summed E-state index contributed by atoms with van der Waals surface area (Å²) in [6.07, 6.45) is 0. The molecule has 0 aliphatic heterocycles. The first-order chi connectivity index (χ1) is 11.8. The third-order valence-corrected chi connectivity index (χ3v) is 3.97. The van der Waals surface area contributed by atoms with Gasteiger partial charge < -0.3 is 15.0 Å². The van der Waals surface area contributed by atoms with E-state index in [2.05, 4.69) is 5.32 Å². The Bertz CT molecular complexity index is 776. The summed E-state index contributed by atoms with van der Waals surface area (Å²) in [5, 5.41) is 2.81. The standard InChI is InChI=1S/C20H24N2O3/c1-13-10-14(2)20(15(3)11-13)22(16(4)23)12-19(24)21-17-8-6-7-9-18(17)25-5/h6-11H,12H2,1-5H3,(H,21,24). The molecule has 0 spiro atoms. The van der Waals surface area contributed by atoms with Crippen molar-refractivity contribution in [3.63, 3.8) is 0 Å². The smallest absolute Gasteiger partial charge is 0.244 e. The molecule has 25 heavy (non-hydrogen) atoms. The second-order valence-corrected chi connectivity index (χ2v) is 6.10. The molecular formula is C20H24N2O3. The molecule has 0 bridgehead atoms. The Morgan fingerprint density at radius 1 is 1.08 bits per heavy atom. The van der Waals surface area contributed by atoms with Crippen molar-refractivity contribution >= 4 is 23.2 Å². The van der Waals surface area contributed by atoms with Gasteiger partial charge in [-0.25, -0.2) is 0 Å². The molecule has 5 heteroatoms. The van der Waals surface area contributed by atoms with E-state index in [4.69, 9.17) is 4.74 Å². The molecule has 0 aliphatic rings. The Kier molecular flexibility index (Phi) is 5.80. The quantitative estimate of drug-likeness (QED) is 0.904. The molecule has 0 saturated heterocycles. The maximum atomic E-state index is 12.5. The number of rotatable bonds is 5. The predicted octanol–water partition coefficient (Wildman–Crippen LogP) is 3.61. The third-order valence-electron chi connectivity index (χ3n) is 3.97. The molecule has 0 aliphatic carbocycles. The molecule has 2 aromatic carbocycles. The number of aryl methyl sites for hydroxylation is 3. The molecule has 132 valence electrons. The fourth-order valence-electron chi connectivity index (χ4n) is 3.03. The number of benzene rings is 2. The lowest BCUT2D eigenvalue weighted by Crippen LogP contribution is -2.37. The van der Waals surface area contributed by atoms with Crippen LogP contribution in [0.2, 0.25) is 0 Å². The SMILES string of the molecule is COc1ccccc1NC(=O)CN(C(C)=O)c1c(C)cc(C)cc1C. The molecule has 2 amide bonds. The van der Waals surface area contributed by atoms with Crippen LogP contribution in [0.15, 0.2) is 36.4 Å². The monoisotopic (exact) mass is 340 g/mol. The Hall–Kier alpha value is -2.82. The van der Waals surface area contributed by atoms with Gasteiger partial charge in [0.05, 0.1) is 18.5 Å². The molecule has 0 aromatic heterocycles. The number of methoxy groups -OCH3 is 1. The van der Waals surface area contributed by atoms with Crippen LogP contribution in [-0.4, -0.2) is 25.5 Å². The van der Waals surface area contributed by atoms with Crippen molar-refractivity contribution in [3.8, 4) is 5.75 Å². The molecular weight excluding hydrogens is 316 g/mol. The lowest BCUT2D eigenvalue weighted by atomic mass is 10.0. The van der Waals surface area contributed by atoms with Gasteiger partial charge in [-0.15, -0.1) is 0 Å². The summed E-state index contributed by atoms with van der Waals surface area (Å²) in [5.41, 5.74) is 4.43. The summed E-state index contributed by atoms with van der Waals surface area (Å²) in [6.45, 7) is 7.32. The molecule has 5 nitrogen and oxygen atoms in total. The second-order valence-electron chi connectivity index (χ2n) is 6.10. The van der Waals surface area contributed by atoms with Crippen LogP contribution in [0, 0.1) is 20.8 Å². The summed E-state index contributed by atoms with van der Waals surface area (Å²) < 4.78 is 5.24. The van der Waals surface area contributed by atoms with Crippen molar-refractivity contribution in [2.75, 3.05) is 23.9 Å². The summed E-state index contributed by atoms with van der Waals surface area (Å²) in [4.78, 5) is 26.2. The summed E-state index contributed by atoms with van der Waals surface area (Å²) >= 11 is 0. The second kappa shape index (κ2) is 7.83. The fraction of sp³-hybridized carbons (Fsp3) is 0.300. The van der Waals surface area contributed by atoms with Gasteiger partial charge in [-0.2, -0.15) is 0 Å². The van der Waals surface area contributed by atoms with E-state index in [9.17, 15) is 9.59 Å². The zero-order valence-corrected chi connectivity index (χ0v) is 15.3. The average molecular weight is 340 g/mol. The van der Waals surface area contributed by atoms with Gasteiger partial charge in [-0.3, -0.25) is 9.59 Å². The van der Waals surface area contributed by atoms with Gasteiger partial charge in [0.1, 0.15) is 12.3 Å². The number of amides is 2. The number of carbonyl (C=O) groups is 2. The van der Waals surface area contributed by atoms with Crippen molar-refractivity contribution in [3.05, 3.63) is 53.1 Å². The highest BCUT2D eigenvalue weighted by molar-refractivity contribution is 6.03. The van der Waals surface area contributed by atoms with Gasteiger partial charge >= 0.3 is 0 Å². The molecule has 0 saturated carbocycles. The molecule has 2 rings (SSSR count). The van der Waals surface area contributed by atoms with Gasteiger partial charge in [-0.1, -0.05) is 29.8 Å². The molecule has 0 fully saturated rings. The van der Waals surface area contributed by atoms with E-state index < -0.39 is 0 Å². The lowest BCUT2D eigenvalue weighted by molar-refractivity contribution is -0.120. The van der Waals surface area contributed by atoms with Gasteiger partial charge in [0.2, 0.25) is 11.8 Å². The van der Waals surface area contributed by atoms with Crippen molar-refractivity contribution in [1.29, 1.82) is 0 Å². The fourth-order valence-corrected chi connectivity index (χ4v) is 3.03. The first kappa shape index (κ1) is 18.5. The summed E-state index contributed by atoms with van der Waals surface area (Å²) in [7, 11) is 1.55. The number of nitrogens with one attached hydrogen (secondary N) is 1. The number of nitrogens with zero attached hydrogens (tertiary/aromatic N) is 1. The third kappa shape index (κ3) is 4.38. The number of hydrogen-bond donors (Lipinski definition) is 1. The number of anilines is 2. The summed E-state index contributed by atoms with van der Waals surface area (Å²) in [5.74, 6) is 0.122. The van der Waals surface area contributed by atoms with E-state index in [1.54, 1.807) is 19.2 Å². The molecule has 1 N–H and O–H groups in total. The number of para-hydroxylation sites is 2. The largest absolute Gasteiger partial charge is 0.495 e. The van der Waals surface area contributed by atoms with E-state index in [1.807, 2.05) is 45.0 Å². The highest BCUT2D eigenvalue weighted by Gasteiger charge is 2.20. The molecule has 0 heterocycles. The van der Waals surface area contributed by atoms with Crippen LogP contribution in [0.3, 0.4) is 0 Å². The maximum absolute atomic E-state index is 12.5. The average Bonchev–Trinajstić information content (AvgIpc) is 2.53. The van der Waals surface area contributed by atoms with Crippen LogP contribution in [0.25, 0.3) is 0 Å². The Labute approximate surface area is 148 Å². The van der Waals surface area contributed by atoms with Crippen molar-refractivity contribution in [1.82, 2.24) is 0 Å². The van der Waals surface area contributed by atoms with Crippen LogP contribution in [-0.2, 0) is 9.59 Å². The molecule has 0 unspecified atom stereocenters. The van der Waals surface area contributed by atoms with Crippen molar-refractivity contribution in [2.24, 2.45) is 0 Å². The molecule has 0 atom stereocenters. The van der Waals surface area contributed by atoms with E-state index in [0.29, 0.717) is 11.4 Å². The summed E-state index contributed by atoms with van der Waals surface area (Å²) in [6, 6.07) is 11.2. The van der Waals surface area contributed by atoms with Crippen LogP contribution in [0.5, 0.6) is 5.75 Å². The van der Waals surface area contributed by atoms with Crippen LogP contribution < -0.4 is 15.0 Å². The minimum Gasteiger partial charge on any atom is -0.495 e. The highest BCUT2D eigenvalue weighted by Crippen LogP contribution is 2.27. The van der Waals surface area contributed by atoms with Gasteiger partial charge in [0.25, 0.3) is 0 Å². The number of hydrogen-bond acceptors (Lipinski definition) is 3. The number of ether oxygens (including phenoxy) is 1. The Morgan fingerprint density at radius 3 is 2.24 bits per heavy atom. The van der Waals surface area contributed by atoms with E-state index in [0.717, 1.165) is 22.4 Å². The topological polar surface area (TPSA) is 58.6 Å². The normalized spacial score (nSPS) is 10.3. The van der Waals surface area contributed by atoms with E-state index in [-0.39, 0.29) is 18.4 Å². The first-order valence-corrected chi connectivity index (χ1v) is 8.12. The zero-order chi connectivity index (χ0) is 18.6. The highest BCUT2D eigenvalue weighted by atomic mass is 16.5. The molecule has 0 radical (unpaired) electrons. The van der Waals surface area contributed by atoms with Crippen LogP contribution in [0.1, 0.15) is 23.6 Å². The Balaban J connectivity index is 2.25.